The average Bonchev–Trinajstić information content (AvgIpc) is 3.38. The molecule has 1 aromatic heterocycles. The number of imidazole rings is 1. The molecule has 0 unspecified atom stereocenters. The highest BCUT2D eigenvalue weighted by Crippen LogP contribution is 2.21. The lowest BCUT2D eigenvalue weighted by molar-refractivity contribution is -0.118. The van der Waals surface area contributed by atoms with Gasteiger partial charge in [0.05, 0.1) is 12.0 Å². The number of hydrogen-bond acceptors (Lipinski definition) is 5. The van der Waals surface area contributed by atoms with Gasteiger partial charge in [-0.2, -0.15) is 0 Å². The average molecular weight is 510 g/mol. The molecule has 8 nitrogen and oxygen atoms in total. The van der Waals surface area contributed by atoms with Crippen LogP contribution in [0.25, 0.3) is 0 Å². The first-order chi connectivity index (χ1) is 18.1. The Morgan fingerprint density at radius 2 is 1.84 bits per heavy atom. The van der Waals surface area contributed by atoms with Crippen molar-refractivity contribution in [2.24, 2.45) is 0 Å². The summed E-state index contributed by atoms with van der Waals surface area (Å²) in [5.41, 5.74) is 2.30. The predicted molar refractivity (Wildman–Crippen MR) is 147 cm³/mol. The Kier molecular flexibility index (Phi) is 14.6. The van der Waals surface area contributed by atoms with Crippen LogP contribution in [0.1, 0.15) is 49.8 Å². The first kappa shape index (κ1) is 29.9. The van der Waals surface area contributed by atoms with Gasteiger partial charge in [0.25, 0.3) is 0 Å². The minimum absolute atomic E-state index is 0.108. The Morgan fingerprint density at radius 3 is 2.46 bits per heavy atom. The van der Waals surface area contributed by atoms with Crippen LogP contribution in [0.4, 0.5) is 4.79 Å². The standard InChI is InChI=1S/C16H21N3O.C11H20N2O2.C2H2/c1-15-12-19(13-17-15)10-5-9-18(14-20)11-8-16-6-3-2-4-7-16;14-11(13-8-6-12-7-9-13)15-10-4-2-1-3-5-10;1-2/h2-4,6-7,12-14H,5,8-11H2,1H3;10,12H,1-9H2;1-2H. The lowest BCUT2D eigenvalue weighted by Gasteiger charge is -2.29. The number of carbonyl (C=O) groups excluding carboxylic acids is 2. The fourth-order valence-electron chi connectivity index (χ4n) is 4.43. The molecule has 1 aliphatic heterocycles. The molecule has 2 aliphatic rings. The van der Waals surface area contributed by atoms with Crippen molar-refractivity contribution >= 4 is 12.5 Å². The lowest BCUT2D eigenvalue weighted by atomic mass is 9.98. The van der Waals surface area contributed by atoms with Crippen molar-refractivity contribution in [3.8, 4) is 12.8 Å². The highest BCUT2D eigenvalue weighted by Gasteiger charge is 2.22. The molecule has 2 amide bonds. The summed E-state index contributed by atoms with van der Waals surface area (Å²) in [4.78, 5) is 30.7. The van der Waals surface area contributed by atoms with Gasteiger partial charge in [-0.3, -0.25) is 4.79 Å². The van der Waals surface area contributed by atoms with Gasteiger partial charge >= 0.3 is 6.09 Å². The van der Waals surface area contributed by atoms with Crippen LogP contribution < -0.4 is 5.32 Å². The number of nitrogens with zero attached hydrogens (tertiary/aromatic N) is 4. The molecule has 1 saturated heterocycles. The van der Waals surface area contributed by atoms with E-state index in [1.807, 2.05) is 47.4 Å². The Balaban J connectivity index is 0.000000252. The maximum Gasteiger partial charge on any atom is 0.410 e. The molecule has 2 aromatic rings. The van der Waals surface area contributed by atoms with Crippen LogP contribution >= 0.6 is 0 Å². The summed E-state index contributed by atoms with van der Waals surface area (Å²) in [5.74, 6) is 0. The smallest absolute Gasteiger partial charge is 0.410 e. The molecule has 0 spiro atoms. The Morgan fingerprint density at radius 1 is 1.14 bits per heavy atom. The third kappa shape index (κ3) is 12.0. The van der Waals surface area contributed by atoms with E-state index in [0.29, 0.717) is 0 Å². The highest BCUT2D eigenvalue weighted by atomic mass is 16.6. The van der Waals surface area contributed by atoms with Crippen molar-refractivity contribution in [1.82, 2.24) is 24.7 Å². The summed E-state index contributed by atoms with van der Waals surface area (Å²) >= 11 is 0. The maximum absolute atomic E-state index is 11.7. The van der Waals surface area contributed by atoms with Crippen LogP contribution in [0.5, 0.6) is 0 Å². The summed E-state index contributed by atoms with van der Waals surface area (Å²) in [7, 11) is 0. The third-order valence-corrected chi connectivity index (χ3v) is 6.50. The van der Waals surface area contributed by atoms with Crippen LogP contribution in [-0.4, -0.2) is 77.2 Å². The van der Waals surface area contributed by atoms with E-state index in [9.17, 15) is 9.59 Å². The molecule has 2 fully saturated rings. The fourth-order valence-corrected chi connectivity index (χ4v) is 4.43. The summed E-state index contributed by atoms with van der Waals surface area (Å²) < 4.78 is 7.55. The van der Waals surface area contributed by atoms with E-state index in [-0.39, 0.29) is 12.2 Å². The van der Waals surface area contributed by atoms with Crippen molar-refractivity contribution < 1.29 is 14.3 Å². The number of hydrogen-bond donors (Lipinski definition) is 1. The summed E-state index contributed by atoms with van der Waals surface area (Å²) in [6.45, 7) is 7.78. The molecular formula is C29H43N5O3. The topological polar surface area (TPSA) is 79.7 Å². The zero-order valence-electron chi connectivity index (χ0n) is 22.3. The highest BCUT2D eigenvalue weighted by molar-refractivity contribution is 5.68. The Hall–Kier alpha value is -3.31. The van der Waals surface area contributed by atoms with Gasteiger partial charge in [-0.25, -0.2) is 9.78 Å². The second kappa shape index (κ2) is 18.0. The molecule has 37 heavy (non-hydrogen) atoms. The molecule has 0 radical (unpaired) electrons. The molecule has 1 aromatic carbocycles. The molecule has 0 bridgehead atoms. The van der Waals surface area contributed by atoms with Crippen LogP contribution in [0.3, 0.4) is 0 Å². The summed E-state index contributed by atoms with van der Waals surface area (Å²) in [6.07, 6.45) is 20.6. The summed E-state index contributed by atoms with van der Waals surface area (Å²) in [6, 6.07) is 10.3. The minimum atomic E-state index is -0.108. The van der Waals surface area contributed by atoms with Gasteiger partial charge in [-0.15, -0.1) is 12.8 Å². The van der Waals surface area contributed by atoms with Crippen LogP contribution in [0.15, 0.2) is 42.9 Å². The number of rotatable bonds is 9. The summed E-state index contributed by atoms with van der Waals surface area (Å²) in [5, 5.41) is 3.22. The second-order valence-electron chi connectivity index (χ2n) is 9.36. The first-order valence-corrected chi connectivity index (χ1v) is 13.4. The molecule has 1 aliphatic carbocycles. The number of piperazine rings is 1. The van der Waals surface area contributed by atoms with Gasteiger partial charge in [0.1, 0.15) is 6.10 Å². The number of aromatic nitrogens is 2. The van der Waals surface area contributed by atoms with Crippen LogP contribution in [-0.2, 0) is 22.5 Å². The van der Waals surface area contributed by atoms with Crippen LogP contribution in [0, 0.1) is 19.8 Å². The number of carbonyl (C=O) groups is 2. The van der Waals surface area contributed by atoms with Crippen molar-refractivity contribution in [2.75, 3.05) is 39.3 Å². The first-order valence-electron chi connectivity index (χ1n) is 13.4. The van der Waals surface area contributed by atoms with E-state index < -0.39 is 0 Å². The molecule has 1 saturated carbocycles. The van der Waals surface area contributed by atoms with Crippen molar-refractivity contribution in [2.45, 2.75) is 64.5 Å². The van der Waals surface area contributed by atoms with E-state index in [1.54, 1.807) is 0 Å². The van der Waals surface area contributed by atoms with E-state index in [0.717, 1.165) is 83.6 Å². The molecule has 1 N–H and O–H groups in total. The number of aryl methyl sites for hydroxylation is 2. The zero-order chi connectivity index (χ0) is 26.7. The Labute approximate surface area is 222 Å². The van der Waals surface area contributed by atoms with Gasteiger partial charge in [0.15, 0.2) is 0 Å². The maximum atomic E-state index is 11.7. The fraction of sp³-hybridized carbons (Fsp3) is 0.552. The molecule has 202 valence electrons. The van der Waals surface area contributed by atoms with Crippen molar-refractivity contribution in [3.05, 3.63) is 54.1 Å². The van der Waals surface area contributed by atoms with Crippen molar-refractivity contribution in [3.63, 3.8) is 0 Å². The zero-order valence-corrected chi connectivity index (χ0v) is 22.3. The van der Waals surface area contributed by atoms with Crippen molar-refractivity contribution in [1.29, 1.82) is 0 Å². The molecule has 0 atom stereocenters. The normalized spacial score (nSPS) is 15.4. The molecular weight excluding hydrogens is 466 g/mol. The van der Waals surface area contributed by atoms with Gasteiger partial charge < -0.3 is 24.4 Å². The molecule has 4 rings (SSSR count). The largest absolute Gasteiger partial charge is 0.446 e. The SMILES string of the molecule is C#C.Cc1cn(CCCN(C=O)CCc2ccccc2)cn1.O=C(OC1CCCCC1)N1CCNCC1. The van der Waals surface area contributed by atoms with Crippen LogP contribution in [0.2, 0.25) is 0 Å². The molecule has 2 heterocycles. The third-order valence-electron chi connectivity index (χ3n) is 6.50. The van der Waals surface area contributed by atoms with E-state index >= 15 is 0 Å². The van der Waals surface area contributed by atoms with E-state index in [2.05, 4.69) is 39.8 Å². The van der Waals surface area contributed by atoms with Gasteiger partial charge in [0, 0.05) is 52.0 Å². The minimum Gasteiger partial charge on any atom is -0.446 e. The number of amides is 2. The monoisotopic (exact) mass is 509 g/mol. The quantitative estimate of drug-likeness (QED) is 0.410. The Bertz CT molecular complexity index is 903. The van der Waals surface area contributed by atoms with Gasteiger partial charge in [-0.1, -0.05) is 36.8 Å². The number of ether oxygens (including phenoxy) is 1. The second-order valence-corrected chi connectivity index (χ2v) is 9.36. The van der Waals surface area contributed by atoms with Gasteiger partial charge in [-0.05, 0) is 51.0 Å². The van der Waals surface area contributed by atoms with E-state index in [4.69, 9.17) is 4.74 Å². The molecule has 8 heteroatoms. The van der Waals surface area contributed by atoms with E-state index in [1.165, 1.54) is 24.8 Å². The predicted octanol–water partition coefficient (Wildman–Crippen LogP) is 3.89. The van der Waals surface area contributed by atoms with Gasteiger partial charge in [0.2, 0.25) is 6.41 Å². The number of terminal acetylenes is 1. The number of benzene rings is 1. The number of nitrogens with one attached hydrogen (secondary N) is 1. The lowest BCUT2D eigenvalue weighted by Crippen LogP contribution is -2.47.